The summed E-state index contributed by atoms with van der Waals surface area (Å²) in [5.74, 6) is -0.687. The number of carbonyl (C=O) groups excluding carboxylic acids is 2. The number of ether oxygens (including phenoxy) is 2. The molecule has 2 aliphatic rings. The molecule has 27 heavy (non-hydrogen) atoms. The highest BCUT2D eigenvalue weighted by molar-refractivity contribution is 5.88. The lowest BCUT2D eigenvalue weighted by Gasteiger charge is -2.45. The molecule has 0 amide bonds. The first-order valence-electron chi connectivity index (χ1n) is 9.67. The van der Waals surface area contributed by atoms with Gasteiger partial charge in [-0.3, -0.25) is 4.79 Å². The Kier molecular flexibility index (Phi) is 6.68. The molecule has 0 aromatic heterocycles. The Morgan fingerprint density at radius 2 is 1.85 bits per heavy atom. The van der Waals surface area contributed by atoms with Crippen molar-refractivity contribution in [2.75, 3.05) is 0 Å². The Bertz CT molecular complexity index is 672. The number of carbonyl (C=O) groups is 2. The van der Waals surface area contributed by atoms with Gasteiger partial charge < -0.3 is 14.6 Å². The molecule has 0 saturated heterocycles. The van der Waals surface area contributed by atoms with Gasteiger partial charge in [-0.1, -0.05) is 32.6 Å². The van der Waals surface area contributed by atoms with E-state index in [2.05, 4.69) is 20.4 Å². The number of aliphatic hydroxyl groups excluding tert-OH is 1. The SMILES string of the molecule is C=C1C2CC(OC(C)=O)C(=CC)C2C(C(C)C)C(O)C1OC(=O)C(C)=CC. The molecule has 5 nitrogen and oxygen atoms in total. The maximum absolute atomic E-state index is 12.3. The molecular weight excluding hydrogens is 344 g/mol. The molecule has 0 aromatic rings. The first-order valence-corrected chi connectivity index (χ1v) is 9.67. The molecule has 0 spiro atoms. The van der Waals surface area contributed by atoms with E-state index in [4.69, 9.17) is 9.47 Å². The molecule has 0 radical (unpaired) electrons. The Morgan fingerprint density at radius 3 is 2.33 bits per heavy atom. The second-order valence-electron chi connectivity index (χ2n) is 7.94. The standard InChI is InChI=1S/C22H32O5/c1-8-12(5)22(25)27-21-13(6)16-10-17(26-14(7)23)15(9-2)19(16)18(11(3)4)20(21)24/h8-9,11,16-21,24H,6,10H2,1-5,7H3. The smallest absolute Gasteiger partial charge is 0.334 e. The minimum atomic E-state index is -0.849. The van der Waals surface area contributed by atoms with Crippen LogP contribution in [0.25, 0.3) is 0 Å². The van der Waals surface area contributed by atoms with Crippen molar-refractivity contribution in [1.82, 2.24) is 0 Å². The van der Waals surface area contributed by atoms with Crippen LogP contribution >= 0.6 is 0 Å². The molecule has 6 unspecified atom stereocenters. The molecule has 5 heteroatoms. The minimum Gasteiger partial charge on any atom is -0.458 e. The molecule has 6 atom stereocenters. The van der Waals surface area contributed by atoms with Crippen LogP contribution in [-0.4, -0.2) is 35.4 Å². The summed E-state index contributed by atoms with van der Waals surface area (Å²) in [4.78, 5) is 23.9. The van der Waals surface area contributed by atoms with Gasteiger partial charge in [0.05, 0.1) is 6.10 Å². The van der Waals surface area contributed by atoms with Gasteiger partial charge in [0.25, 0.3) is 0 Å². The van der Waals surface area contributed by atoms with Gasteiger partial charge in [-0.05, 0) is 62.0 Å². The van der Waals surface area contributed by atoms with Gasteiger partial charge in [-0.25, -0.2) is 4.79 Å². The third-order valence-electron chi connectivity index (χ3n) is 6.02. The normalized spacial score (nSPS) is 35.3. The van der Waals surface area contributed by atoms with Crippen LogP contribution in [0, 0.1) is 23.7 Å². The molecule has 2 saturated carbocycles. The van der Waals surface area contributed by atoms with E-state index in [-0.39, 0.29) is 35.7 Å². The van der Waals surface area contributed by atoms with Crippen molar-refractivity contribution in [3.05, 3.63) is 35.5 Å². The van der Waals surface area contributed by atoms with Crippen LogP contribution < -0.4 is 0 Å². The van der Waals surface area contributed by atoms with Crippen molar-refractivity contribution < 1.29 is 24.2 Å². The quantitative estimate of drug-likeness (QED) is 0.461. The first kappa shape index (κ1) is 21.4. The van der Waals surface area contributed by atoms with Crippen LogP contribution in [-0.2, 0) is 19.1 Å². The summed E-state index contributed by atoms with van der Waals surface area (Å²) < 4.78 is 11.2. The summed E-state index contributed by atoms with van der Waals surface area (Å²) in [6.07, 6.45) is 2.36. The fourth-order valence-electron chi connectivity index (χ4n) is 4.65. The van der Waals surface area contributed by atoms with Crippen LogP contribution in [0.1, 0.15) is 48.0 Å². The van der Waals surface area contributed by atoms with Gasteiger partial charge in [0, 0.05) is 12.5 Å². The average molecular weight is 376 g/mol. The van der Waals surface area contributed by atoms with Crippen LogP contribution in [0.5, 0.6) is 0 Å². The third kappa shape index (κ3) is 4.03. The molecule has 0 heterocycles. The Hall–Kier alpha value is -1.88. The number of allylic oxidation sites excluding steroid dienone is 2. The van der Waals surface area contributed by atoms with E-state index in [9.17, 15) is 14.7 Å². The molecule has 2 rings (SSSR count). The molecule has 150 valence electrons. The highest BCUT2D eigenvalue weighted by Crippen LogP contribution is 2.54. The summed E-state index contributed by atoms with van der Waals surface area (Å²) >= 11 is 0. The first-order chi connectivity index (χ1) is 12.6. The summed E-state index contributed by atoms with van der Waals surface area (Å²) in [6.45, 7) is 15.1. The Balaban J connectivity index is 2.40. The monoisotopic (exact) mass is 376 g/mol. The largest absolute Gasteiger partial charge is 0.458 e. The maximum atomic E-state index is 12.3. The number of rotatable bonds is 4. The highest BCUT2D eigenvalue weighted by Gasteiger charge is 2.55. The molecule has 1 N–H and O–H groups in total. The second-order valence-corrected chi connectivity index (χ2v) is 7.94. The van der Waals surface area contributed by atoms with Crippen molar-refractivity contribution in [3.8, 4) is 0 Å². The highest BCUT2D eigenvalue weighted by atomic mass is 16.6. The fourth-order valence-corrected chi connectivity index (χ4v) is 4.65. The van der Waals surface area contributed by atoms with Gasteiger partial charge in [-0.15, -0.1) is 0 Å². The summed E-state index contributed by atoms with van der Waals surface area (Å²) in [5, 5.41) is 11.1. The van der Waals surface area contributed by atoms with E-state index in [1.807, 2.05) is 13.0 Å². The number of hydrogen-bond donors (Lipinski definition) is 1. The van der Waals surface area contributed by atoms with E-state index in [1.165, 1.54) is 6.92 Å². The zero-order valence-corrected chi connectivity index (χ0v) is 17.2. The van der Waals surface area contributed by atoms with E-state index >= 15 is 0 Å². The maximum Gasteiger partial charge on any atom is 0.334 e. The van der Waals surface area contributed by atoms with Crippen LogP contribution in [0.4, 0.5) is 0 Å². The summed E-state index contributed by atoms with van der Waals surface area (Å²) in [7, 11) is 0. The van der Waals surface area contributed by atoms with Gasteiger partial charge in [0.2, 0.25) is 0 Å². The lowest BCUT2D eigenvalue weighted by atomic mass is 9.64. The van der Waals surface area contributed by atoms with Crippen molar-refractivity contribution in [3.63, 3.8) is 0 Å². The molecule has 0 bridgehead atoms. The molecular formula is C22H32O5. The number of fused-ring (bicyclic) bond motifs is 1. The minimum absolute atomic E-state index is 0.0000576. The van der Waals surface area contributed by atoms with Crippen molar-refractivity contribution >= 4 is 11.9 Å². The van der Waals surface area contributed by atoms with E-state index in [0.29, 0.717) is 17.6 Å². The van der Waals surface area contributed by atoms with Crippen LogP contribution in [0.2, 0.25) is 0 Å². The van der Waals surface area contributed by atoms with E-state index in [0.717, 1.165) is 5.57 Å². The molecule has 0 aromatic carbocycles. The fraction of sp³-hybridized carbons (Fsp3) is 0.636. The van der Waals surface area contributed by atoms with Gasteiger partial charge >= 0.3 is 11.9 Å². The number of aliphatic hydroxyl groups is 1. The zero-order valence-electron chi connectivity index (χ0n) is 17.2. The lowest BCUT2D eigenvalue weighted by Crippen LogP contribution is -2.50. The predicted molar refractivity (Wildman–Crippen MR) is 104 cm³/mol. The van der Waals surface area contributed by atoms with E-state index in [1.54, 1.807) is 19.9 Å². The Morgan fingerprint density at radius 1 is 1.22 bits per heavy atom. The van der Waals surface area contributed by atoms with Gasteiger partial charge in [0.1, 0.15) is 12.2 Å². The van der Waals surface area contributed by atoms with Crippen molar-refractivity contribution in [1.29, 1.82) is 0 Å². The predicted octanol–water partition coefficient (Wildman–Crippen LogP) is 3.58. The molecule has 2 aliphatic carbocycles. The topological polar surface area (TPSA) is 72.8 Å². The second kappa shape index (κ2) is 8.42. The third-order valence-corrected chi connectivity index (χ3v) is 6.02. The molecule has 2 fully saturated rings. The van der Waals surface area contributed by atoms with Crippen LogP contribution in [0.3, 0.4) is 0 Å². The van der Waals surface area contributed by atoms with Gasteiger partial charge in [-0.2, -0.15) is 0 Å². The lowest BCUT2D eigenvalue weighted by molar-refractivity contribution is -0.155. The van der Waals surface area contributed by atoms with Crippen LogP contribution in [0.15, 0.2) is 35.5 Å². The Labute approximate surface area is 162 Å². The molecule has 0 aliphatic heterocycles. The van der Waals surface area contributed by atoms with Crippen molar-refractivity contribution in [2.24, 2.45) is 23.7 Å². The summed E-state index contributed by atoms with van der Waals surface area (Å²) in [6, 6.07) is 0. The van der Waals surface area contributed by atoms with E-state index < -0.39 is 18.2 Å². The zero-order chi connectivity index (χ0) is 20.5. The average Bonchev–Trinajstić information content (AvgIpc) is 2.94. The summed E-state index contributed by atoms with van der Waals surface area (Å²) in [5.41, 5.74) is 2.23. The van der Waals surface area contributed by atoms with Gasteiger partial charge in [0.15, 0.2) is 0 Å². The number of hydrogen-bond acceptors (Lipinski definition) is 5. The van der Waals surface area contributed by atoms with Crippen molar-refractivity contribution in [2.45, 2.75) is 66.3 Å². The number of esters is 2.